The summed E-state index contributed by atoms with van der Waals surface area (Å²) in [6, 6.07) is 13.6. The Hall–Kier alpha value is -3.45. The van der Waals surface area contributed by atoms with Crippen LogP contribution in [0.2, 0.25) is 0 Å². The number of pyridine rings is 1. The number of aromatic nitrogens is 4. The van der Waals surface area contributed by atoms with E-state index in [2.05, 4.69) is 5.10 Å². The predicted octanol–water partition coefficient (Wildman–Crippen LogP) is 2.96. The quantitative estimate of drug-likeness (QED) is 0.481. The summed E-state index contributed by atoms with van der Waals surface area (Å²) in [5, 5.41) is 14.1. The Labute approximate surface area is 173 Å². The molecule has 1 aliphatic carbocycles. The van der Waals surface area contributed by atoms with Gasteiger partial charge in [-0.1, -0.05) is 36.4 Å². The van der Waals surface area contributed by atoms with Crippen LogP contribution >= 0.6 is 0 Å². The molecule has 0 radical (unpaired) electrons. The second-order valence-corrected chi connectivity index (χ2v) is 7.81. The SMILES string of the molecule is O=C(OCc1ccccc1)c1cnn(Cc2cn3cccc(C4(CO)CC4)c3n2)c1. The third kappa shape index (κ3) is 3.48. The van der Waals surface area contributed by atoms with Crippen LogP contribution in [0.4, 0.5) is 0 Å². The van der Waals surface area contributed by atoms with Crippen LogP contribution in [0, 0.1) is 0 Å². The maximum atomic E-state index is 12.3. The molecule has 4 aromatic rings. The number of rotatable bonds is 7. The highest BCUT2D eigenvalue weighted by atomic mass is 16.5. The Morgan fingerprint density at radius 3 is 2.73 bits per heavy atom. The molecule has 0 bridgehead atoms. The van der Waals surface area contributed by atoms with Gasteiger partial charge in [-0.3, -0.25) is 4.68 Å². The first-order valence-corrected chi connectivity index (χ1v) is 9.98. The van der Waals surface area contributed by atoms with Crippen LogP contribution in [0.25, 0.3) is 5.65 Å². The molecular weight excluding hydrogens is 380 g/mol. The third-order valence-electron chi connectivity index (χ3n) is 5.67. The summed E-state index contributed by atoms with van der Waals surface area (Å²) >= 11 is 0. The number of aliphatic hydroxyl groups excluding tert-OH is 1. The van der Waals surface area contributed by atoms with Gasteiger partial charge < -0.3 is 14.2 Å². The van der Waals surface area contributed by atoms with E-state index in [9.17, 15) is 9.90 Å². The lowest BCUT2D eigenvalue weighted by Gasteiger charge is -2.12. The van der Waals surface area contributed by atoms with E-state index in [1.165, 1.54) is 6.20 Å². The number of carbonyl (C=O) groups excluding carboxylic acids is 1. The van der Waals surface area contributed by atoms with Crippen molar-refractivity contribution in [1.29, 1.82) is 0 Å². The number of hydrogen-bond acceptors (Lipinski definition) is 5. The molecule has 152 valence electrons. The molecule has 7 nitrogen and oxygen atoms in total. The highest BCUT2D eigenvalue weighted by molar-refractivity contribution is 5.88. The van der Waals surface area contributed by atoms with Crippen LogP contribution < -0.4 is 0 Å². The lowest BCUT2D eigenvalue weighted by molar-refractivity contribution is 0.0472. The average molecular weight is 402 g/mol. The zero-order chi connectivity index (χ0) is 20.6. The molecule has 0 atom stereocenters. The van der Waals surface area contributed by atoms with Gasteiger partial charge in [0.05, 0.1) is 30.6 Å². The Bertz CT molecular complexity index is 1190. The van der Waals surface area contributed by atoms with Crippen molar-refractivity contribution in [3.8, 4) is 0 Å². The molecule has 30 heavy (non-hydrogen) atoms. The zero-order valence-corrected chi connectivity index (χ0v) is 16.4. The number of aliphatic hydroxyl groups is 1. The van der Waals surface area contributed by atoms with Gasteiger partial charge in [0, 0.05) is 29.6 Å². The van der Waals surface area contributed by atoms with Crippen molar-refractivity contribution >= 4 is 11.6 Å². The van der Waals surface area contributed by atoms with E-state index in [4.69, 9.17) is 9.72 Å². The molecule has 3 heterocycles. The summed E-state index contributed by atoms with van der Waals surface area (Å²) in [5.41, 5.74) is 4.00. The van der Waals surface area contributed by atoms with Gasteiger partial charge in [-0.05, 0) is 24.5 Å². The number of nitrogens with zero attached hydrogens (tertiary/aromatic N) is 4. The van der Waals surface area contributed by atoms with Crippen molar-refractivity contribution in [1.82, 2.24) is 19.2 Å². The van der Waals surface area contributed by atoms with Gasteiger partial charge >= 0.3 is 5.97 Å². The molecule has 1 saturated carbocycles. The Kier molecular flexibility index (Phi) is 4.59. The van der Waals surface area contributed by atoms with E-state index in [-0.39, 0.29) is 18.6 Å². The number of carbonyl (C=O) groups is 1. The van der Waals surface area contributed by atoms with Crippen LogP contribution in [-0.4, -0.2) is 36.8 Å². The number of ether oxygens (including phenoxy) is 1. The van der Waals surface area contributed by atoms with Crippen molar-refractivity contribution in [3.05, 3.63) is 89.6 Å². The summed E-state index contributed by atoms with van der Waals surface area (Å²) in [6.45, 7) is 0.814. The average Bonchev–Trinajstić information content (AvgIpc) is 3.24. The molecule has 1 aliphatic rings. The minimum atomic E-state index is -0.402. The summed E-state index contributed by atoms with van der Waals surface area (Å²) in [7, 11) is 0. The molecule has 0 amide bonds. The summed E-state index contributed by atoms with van der Waals surface area (Å²) < 4.78 is 9.03. The maximum absolute atomic E-state index is 12.3. The third-order valence-corrected chi connectivity index (χ3v) is 5.67. The second-order valence-electron chi connectivity index (χ2n) is 7.81. The zero-order valence-electron chi connectivity index (χ0n) is 16.4. The normalized spacial score (nSPS) is 14.7. The second kappa shape index (κ2) is 7.42. The van der Waals surface area contributed by atoms with E-state index in [1.54, 1.807) is 10.9 Å². The lowest BCUT2D eigenvalue weighted by atomic mass is 9.98. The Balaban J connectivity index is 1.30. The minimum Gasteiger partial charge on any atom is -0.457 e. The van der Waals surface area contributed by atoms with Crippen molar-refractivity contribution < 1.29 is 14.6 Å². The van der Waals surface area contributed by atoms with Gasteiger partial charge in [-0.25, -0.2) is 9.78 Å². The van der Waals surface area contributed by atoms with Crippen molar-refractivity contribution in [2.75, 3.05) is 6.61 Å². The Morgan fingerprint density at radius 2 is 1.97 bits per heavy atom. The fourth-order valence-electron chi connectivity index (χ4n) is 3.75. The first-order valence-electron chi connectivity index (χ1n) is 9.98. The number of fused-ring (bicyclic) bond motifs is 1. The first kappa shape index (κ1) is 18.6. The molecule has 5 rings (SSSR count). The van der Waals surface area contributed by atoms with Gasteiger partial charge in [0.1, 0.15) is 12.3 Å². The molecule has 1 fully saturated rings. The summed E-state index contributed by atoms with van der Waals surface area (Å²) in [5.74, 6) is -0.402. The van der Waals surface area contributed by atoms with E-state index < -0.39 is 5.97 Å². The number of hydrogen-bond donors (Lipinski definition) is 1. The molecule has 0 saturated heterocycles. The smallest absolute Gasteiger partial charge is 0.341 e. The van der Waals surface area contributed by atoms with Crippen molar-refractivity contribution in [3.63, 3.8) is 0 Å². The largest absolute Gasteiger partial charge is 0.457 e. The van der Waals surface area contributed by atoms with E-state index >= 15 is 0 Å². The van der Waals surface area contributed by atoms with Crippen molar-refractivity contribution in [2.45, 2.75) is 31.4 Å². The maximum Gasteiger partial charge on any atom is 0.341 e. The topological polar surface area (TPSA) is 81.7 Å². The van der Waals surface area contributed by atoms with Crippen LogP contribution in [0.3, 0.4) is 0 Å². The molecule has 0 spiro atoms. The molecule has 7 heteroatoms. The fourth-order valence-corrected chi connectivity index (χ4v) is 3.75. The molecule has 1 aromatic carbocycles. The van der Waals surface area contributed by atoms with Gasteiger partial charge in [-0.15, -0.1) is 0 Å². The number of benzene rings is 1. The van der Waals surface area contributed by atoms with Crippen molar-refractivity contribution in [2.24, 2.45) is 0 Å². The summed E-state index contributed by atoms with van der Waals surface area (Å²) in [6.07, 6.45) is 9.07. The first-order chi connectivity index (χ1) is 14.7. The van der Waals surface area contributed by atoms with Crippen LogP contribution in [0.5, 0.6) is 0 Å². The molecule has 3 aromatic heterocycles. The molecular formula is C23H22N4O3. The molecule has 1 N–H and O–H groups in total. The number of esters is 1. The van der Waals surface area contributed by atoms with E-state index in [0.29, 0.717) is 12.1 Å². The van der Waals surface area contributed by atoms with Crippen LogP contribution in [-0.2, 0) is 23.3 Å². The summed E-state index contributed by atoms with van der Waals surface area (Å²) in [4.78, 5) is 17.1. The van der Waals surface area contributed by atoms with E-state index in [1.807, 2.05) is 59.3 Å². The lowest BCUT2D eigenvalue weighted by Crippen LogP contribution is -2.13. The van der Waals surface area contributed by atoms with Gasteiger partial charge in [0.15, 0.2) is 0 Å². The van der Waals surface area contributed by atoms with Crippen LogP contribution in [0.1, 0.15) is 40.0 Å². The Morgan fingerprint density at radius 1 is 1.13 bits per heavy atom. The van der Waals surface area contributed by atoms with Gasteiger partial charge in [-0.2, -0.15) is 5.10 Å². The number of imidazole rings is 1. The van der Waals surface area contributed by atoms with Gasteiger partial charge in [0.2, 0.25) is 0 Å². The fraction of sp³-hybridized carbons (Fsp3) is 0.261. The highest BCUT2D eigenvalue weighted by Crippen LogP contribution is 2.48. The minimum absolute atomic E-state index is 0.141. The monoisotopic (exact) mass is 402 g/mol. The van der Waals surface area contributed by atoms with Crippen LogP contribution in [0.15, 0.2) is 67.3 Å². The molecule has 0 unspecified atom stereocenters. The predicted molar refractivity (Wildman–Crippen MR) is 110 cm³/mol. The molecule has 0 aliphatic heterocycles. The standard InChI is InChI=1S/C23H22N4O3/c28-16-23(8-9-23)20-7-4-10-26-13-19(25-21(20)26)14-27-12-18(11-24-27)22(29)30-15-17-5-2-1-3-6-17/h1-7,10-13,28H,8-9,14-16H2. The van der Waals surface area contributed by atoms with Gasteiger partial charge in [0.25, 0.3) is 0 Å². The van der Waals surface area contributed by atoms with E-state index in [0.717, 1.165) is 35.3 Å². The highest BCUT2D eigenvalue weighted by Gasteiger charge is 2.45.